The van der Waals surface area contributed by atoms with Gasteiger partial charge in [0.05, 0.1) is 13.7 Å². The minimum absolute atomic E-state index is 0.0486. The predicted molar refractivity (Wildman–Crippen MR) is 68.2 cm³/mol. The van der Waals surface area contributed by atoms with Crippen molar-refractivity contribution >= 4 is 5.97 Å². The summed E-state index contributed by atoms with van der Waals surface area (Å²) in [5.74, 6) is -0.779. The number of rotatable bonds is 8. The molecule has 0 aliphatic rings. The van der Waals surface area contributed by atoms with Gasteiger partial charge < -0.3 is 14.6 Å². The Bertz CT molecular complexity index is 454. The fraction of sp³-hybridized carbons (Fsp3) is 0.462. The third-order valence-corrected chi connectivity index (χ3v) is 2.66. The maximum atomic E-state index is 12.2. The van der Waals surface area contributed by atoms with E-state index in [0.29, 0.717) is 13.1 Å². The zero-order chi connectivity index (χ0) is 15.1. The molecule has 0 saturated carbocycles. The lowest BCUT2D eigenvalue weighted by Crippen LogP contribution is -2.29. The molecule has 0 fully saturated rings. The number of halogens is 2. The van der Waals surface area contributed by atoms with Crippen molar-refractivity contribution in [2.75, 3.05) is 20.2 Å². The molecule has 1 aromatic rings. The number of aliphatic carboxylic acids is 1. The van der Waals surface area contributed by atoms with Crippen molar-refractivity contribution in [2.24, 2.45) is 0 Å². The molecule has 1 N–H and O–H groups in total. The molecular weight excluding hydrogens is 272 g/mol. The van der Waals surface area contributed by atoms with E-state index in [4.69, 9.17) is 9.84 Å². The van der Waals surface area contributed by atoms with E-state index >= 15 is 0 Å². The quantitative estimate of drug-likeness (QED) is 0.795. The highest BCUT2D eigenvalue weighted by molar-refractivity contribution is 5.69. The van der Waals surface area contributed by atoms with Crippen molar-refractivity contribution < 1.29 is 28.2 Å². The van der Waals surface area contributed by atoms with Gasteiger partial charge >= 0.3 is 12.6 Å². The second-order valence-electron chi connectivity index (χ2n) is 4.06. The number of hydrogen-bond acceptors (Lipinski definition) is 4. The summed E-state index contributed by atoms with van der Waals surface area (Å²) in [5, 5.41) is 8.77. The monoisotopic (exact) mass is 289 g/mol. The molecule has 0 amide bonds. The highest BCUT2D eigenvalue weighted by atomic mass is 19.3. The van der Waals surface area contributed by atoms with E-state index in [1.54, 1.807) is 17.0 Å². The first-order valence-electron chi connectivity index (χ1n) is 6.02. The van der Waals surface area contributed by atoms with Crippen LogP contribution in [0.3, 0.4) is 0 Å². The molecule has 5 nitrogen and oxygen atoms in total. The Morgan fingerprint density at radius 1 is 1.40 bits per heavy atom. The first-order valence-corrected chi connectivity index (χ1v) is 6.02. The standard InChI is InChI=1S/C13H17F2NO4/c1-3-16(8-12(17)18)7-9-4-5-10(20-13(14)15)11(6-9)19-2/h4-6,13H,3,7-8H2,1-2H3,(H,17,18). The zero-order valence-electron chi connectivity index (χ0n) is 11.3. The van der Waals surface area contributed by atoms with Crippen molar-refractivity contribution in [1.29, 1.82) is 0 Å². The molecule has 0 bridgehead atoms. The molecule has 20 heavy (non-hydrogen) atoms. The Morgan fingerprint density at radius 3 is 2.60 bits per heavy atom. The fourth-order valence-corrected chi connectivity index (χ4v) is 1.73. The van der Waals surface area contributed by atoms with E-state index in [1.165, 1.54) is 13.2 Å². The summed E-state index contributed by atoms with van der Waals surface area (Å²) in [5.41, 5.74) is 0.756. The predicted octanol–water partition coefficient (Wildman–Crippen LogP) is 2.20. The number of benzene rings is 1. The van der Waals surface area contributed by atoms with Crippen LogP contribution >= 0.6 is 0 Å². The van der Waals surface area contributed by atoms with Crippen LogP contribution < -0.4 is 9.47 Å². The average molecular weight is 289 g/mol. The van der Waals surface area contributed by atoms with Crippen LogP contribution in [0, 0.1) is 0 Å². The Balaban J connectivity index is 2.83. The van der Waals surface area contributed by atoms with Gasteiger partial charge in [-0.15, -0.1) is 0 Å². The number of alkyl halides is 2. The normalized spacial score (nSPS) is 10.9. The fourth-order valence-electron chi connectivity index (χ4n) is 1.73. The van der Waals surface area contributed by atoms with Gasteiger partial charge in [-0.05, 0) is 24.2 Å². The zero-order valence-corrected chi connectivity index (χ0v) is 11.3. The van der Waals surface area contributed by atoms with Crippen LogP contribution in [0.25, 0.3) is 0 Å². The Hall–Kier alpha value is -1.89. The van der Waals surface area contributed by atoms with Crippen molar-refractivity contribution in [3.8, 4) is 11.5 Å². The molecule has 0 aliphatic heterocycles. The number of hydrogen-bond donors (Lipinski definition) is 1. The SMILES string of the molecule is CCN(CC(=O)O)Cc1ccc(OC(F)F)c(OC)c1. The van der Waals surface area contributed by atoms with E-state index in [2.05, 4.69) is 4.74 Å². The first kappa shape index (κ1) is 16.2. The third kappa shape index (κ3) is 5.00. The molecule has 0 heterocycles. The molecule has 0 spiro atoms. The minimum atomic E-state index is -2.92. The summed E-state index contributed by atoms with van der Waals surface area (Å²) in [6.07, 6.45) is 0. The third-order valence-electron chi connectivity index (χ3n) is 2.66. The van der Waals surface area contributed by atoms with Gasteiger partial charge in [0.25, 0.3) is 0 Å². The molecule has 0 saturated heterocycles. The largest absolute Gasteiger partial charge is 0.493 e. The van der Waals surface area contributed by atoms with Gasteiger partial charge in [0, 0.05) is 6.54 Å². The minimum Gasteiger partial charge on any atom is -0.493 e. The number of nitrogens with zero attached hydrogens (tertiary/aromatic N) is 1. The summed E-state index contributed by atoms with van der Waals surface area (Å²) < 4.78 is 33.7. The Kier molecular flexibility index (Phi) is 6.17. The van der Waals surface area contributed by atoms with Crippen molar-refractivity contribution in [2.45, 2.75) is 20.1 Å². The second kappa shape index (κ2) is 7.64. The number of carboxylic acid groups (broad SMARTS) is 1. The van der Waals surface area contributed by atoms with Crippen molar-refractivity contribution in [3.05, 3.63) is 23.8 Å². The number of methoxy groups -OCH3 is 1. The van der Waals surface area contributed by atoms with Crippen LogP contribution in [0.15, 0.2) is 18.2 Å². The molecule has 7 heteroatoms. The summed E-state index contributed by atoms with van der Waals surface area (Å²) in [6.45, 7) is -0.227. The number of ether oxygens (including phenoxy) is 2. The first-order chi connectivity index (χ1) is 9.46. The summed E-state index contributed by atoms with van der Waals surface area (Å²) in [7, 11) is 1.35. The van der Waals surface area contributed by atoms with Gasteiger partial charge in [-0.25, -0.2) is 0 Å². The van der Waals surface area contributed by atoms with E-state index < -0.39 is 12.6 Å². The van der Waals surface area contributed by atoms with Gasteiger partial charge in [-0.1, -0.05) is 13.0 Å². The van der Waals surface area contributed by atoms with E-state index in [9.17, 15) is 13.6 Å². The summed E-state index contributed by atoms with van der Waals surface area (Å²) in [6, 6.07) is 4.54. The van der Waals surface area contributed by atoms with Gasteiger partial charge in [0.1, 0.15) is 0 Å². The molecular formula is C13H17F2NO4. The van der Waals surface area contributed by atoms with Crippen LogP contribution in [0.4, 0.5) is 8.78 Å². The molecule has 1 aromatic carbocycles. The lowest BCUT2D eigenvalue weighted by molar-refractivity contribution is -0.138. The smallest absolute Gasteiger partial charge is 0.387 e. The van der Waals surface area contributed by atoms with E-state index in [1.807, 2.05) is 6.92 Å². The molecule has 0 radical (unpaired) electrons. The van der Waals surface area contributed by atoms with Gasteiger partial charge in [-0.2, -0.15) is 8.78 Å². The topological polar surface area (TPSA) is 59.0 Å². The van der Waals surface area contributed by atoms with Gasteiger partial charge in [0.2, 0.25) is 0 Å². The van der Waals surface area contributed by atoms with E-state index in [-0.39, 0.29) is 18.0 Å². The highest BCUT2D eigenvalue weighted by Crippen LogP contribution is 2.29. The Morgan fingerprint density at radius 2 is 2.10 bits per heavy atom. The maximum Gasteiger partial charge on any atom is 0.387 e. The van der Waals surface area contributed by atoms with Gasteiger partial charge in [-0.3, -0.25) is 9.69 Å². The average Bonchev–Trinajstić information content (AvgIpc) is 2.38. The maximum absolute atomic E-state index is 12.2. The van der Waals surface area contributed by atoms with Crippen molar-refractivity contribution in [1.82, 2.24) is 4.90 Å². The Labute approximate surface area is 115 Å². The number of carboxylic acids is 1. The summed E-state index contributed by atoms with van der Waals surface area (Å²) in [4.78, 5) is 12.4. The van der Waals surface area contributed by atoms with Crippen LogP contribution in [0.2, 0.25) is 0 Å². The number of likely N-dealkylation sites (N-methyl/N-ethyl adjacent to an activating group) is 1. The van der Waals surface area contributed by atoms with Crippen LogP contribution in [-0.2, 0) is 11.3 Å². The molecule has 1 rings (SSSR count). The molecule has 0 aliphatic carbocycles. The molecule has 112 valence electrons. The van der Waals surface area contributed by atoms with Crippen LogP contribution in [-0.4, -0.2) is 42.8 Å². The molecule has 0 aromatic heterocycles. The summed E-state index contributed by atoms with van der Waals surface area (Å²) >= 11 is 0. The lowest BCUT2D eigenvalue weighted by Gasteiger charge is -2.19. The van der Waals surface area contributed by atoms with Crippen molar-refractivity contribution in [3.63, 3.8) is 0 Å². The highest BCUT2D eigenvalue weighted by Gasteiger charge is 2.13. The molecule has 0 unspecified atom stereocenters. The second-order valence-corrected chi connectivity index (χ2v) is 4.06. The van der Waals surface area contributed by atoms with Crippen LogP contribution in [0.5, 0.6) is 11.5 Å². The lowest BCUT2D eigenvalue weighted by atomic mass is 10.2. The number of carbonyl (C=O) groups is 1. The van der Waals surface area contributed by atoms with Crippen LogP contribution in [0.1, 0.15) is 12.5 Å². The van der Waals surface area contributed by atoms with Gasteiger partial charge in [0.15, 0.2) is 11.5 Å². The van der Waals surface area contributed by atoms with E-state index in [0.717, 1.165) is 5.56 Å². The molecule has 0 atom stereocenters.